The number of nitrogens with one attached hydrogen (secondary N) is 1. The van der Waals surface area contributed by atoms with Gasteiger partial charge in [-0.1, -0.05) is 17.7 Å². The first-order valence-corrected chi connectivity index (χ1v) is 6.84. The fourth-order valence-corrected chi connectivity index (χ4v) is 2.07. The molecule has 7 heteroatoms. The molecule has 1 heterocycles. The molecule has 1 aromatic heterocycles. The molecule has 0 fully saturated rings. The van der Waals surface area contributed by atoms with E-state index in [1.54, 1.807) is 31.4 Å². The summed E-state index contributed by atoms with van der Waals surface area (Å²) >= 11 is 5.96. The maximum Gasteiger partial charge on any atom is 0.322 e. The maximum atomic E-state index is 13.7. The van der Waals surface area contributed by atoms with Gasteiger partial charge in [0.05, 0.1) is 13.7 Å². The van der Waals surface area contributed by atoms with Crippen molar-refractivity contribution < 1.29 is 13.9 Å². The van der Waals surface area contributed by atoms with Gasteiger partial charge in [-0.3, -0.25) is 0 Å². The van der Waals surface area contributed by atoms with E-state index < -0.39 is 11.8 Å². The van der Waals surface area contributed by atoms with Crippen LogP contribution in [-0.4, -0.2) is 30.1 Å². The molecule has 0 aliphatic carbocycles. The van der Waals surface area contributed by atoms with E-state index in [9.17, 15) is 9.18 Å². The number of halogens is 2. The van der Waals surface area contributed by atoms with Gasteiger partial charge in [0, 0.05) is 23.8 Å². The highest BCUT2D eigenvalue weighted by Crippen LogP contribution is 2.22. The van der Waals surface area contributed by atoms with Crippen LogP contribution in [0.1, 0.15) is 5.56 Å². The Kier molecular flexibility index (Phi) is 5.16. The Hall–Kier alpha value is -2.34. The van der Waals surface area contributed by atoms with Crippen LogP contribution in [0.3, 0.4) is 0 Å². The number of methoxy groups -OCH3 is 1. The van der Waals surface area contributed by atoms with Crippen molar-refractivity contribution in [1.82, 2.24) is 9.88 Å². The Bertz CT molecular complexity index is 661. The van der Waals surface area contributed by atoms with Crippen molar-refractivity contribution in [3.63, 3.8) is 0 Å². The third-order valence-electron chi connectivity index (χ3n) is 3.01. The molecule has 2 rings (SSSR count). The average molecular weight is 324 g/mol. The van der Waals surface area contributed by atoms with Crippen molar-refractivity contribution in [3.8, 4) is 5.88 Å². The predicted molar refractivity (Wildman–Crippen MR) is 82.7 cm³/mol. The van der Waals surface area contributed by atoms with E-state index in [1.165, 1.54) is 24.1 Å². The second-order valence-corrected chi connectivity index (χ2v) is 4.95. The summed E-state index contributed by atoms with van der Waals surface area (Å²) in [5.41, 5.74) is 0.696. The number of pyridine rings is 1. The van der Waals surface area contributed by atoms with Gasteiger partial charge in [0.1, 0.15) is 11.5 Å². The molecule has 22 heavy (non-hydrogen) atoms. The Labute approximate surface area is 132 Å². The van der Waals surface area contributed by atoms with E-state index in [2.05, 4.69) is 10.3 Å². The summed E-state index contributed by atoms with van der Waals surface area (Å²) in [5.74, 6) is -0.153. The summed E-state index contributed by atoms with van der Waals surface area (Å²) in [7, 11) is 3.00. The maximum absolute atomic E-state index is 13.7. The smallest absolute Gasteiger partial charge is 0.322 e. The number of urea groups is 1. The molecule has 2 aromatic rings. The van der Waals surface area contributed by atoms with Crippen LogP contribution >= 0.6 is 11.6 Å². The Balaban J connectivity index is 2.10. The van der Waals surface area contributed by atoms with Crippen LogP contribution in [0.25, 0.3) is 0 Å². The lowest BCUT2D eigenvalue weighted by Gasteiger charge is -2.19. The van der Waals surface area contributed by atoms with E-state index in [-0.39, 0.29) is 17.1 Å². The molecule has 0 saturated heterocycles. The zero-order chi connectivity index (χ0) is 16.1. The second-order valence-electron chi connectivity index (χ2n) is 4.55. The highest BCUT2D eigenvalue weighted by Gasteiger charge is 2.16. The number of hydrogen-bond donors (Lipinski definition) is 1. The summed E-state index contributed by atoms with van der Waals surface area (Å²) < 4.78 is 18.8. The van der Waals surface area contributed by atoms with Gasteiger partial charge in [-0.15, -0.1) is 0 Å². The molecular formula is C15H15ClFN3O2. The lowest BCUT2D eigenvalue weighted by molar-refractivity contribution is 0.220. The van der Waals surface area contributed by atoms with Crippen LogP contribution in [0.2, 0.25) is 5.02 Å². The first-order chi connectivity index (χ1) is 10.5. The van der Waals surface area contributed by atoms with Crippen molar-refractivity contribution in [2.75, 3.05) is 19.5 Å². The molecule has 0 aliphatic heterocycles. The third kappa shape index (κ3) is 3.65. The predicted octanol–water partition coefficient (Wildman–Crippen LogP) is 3.55. The molecule has 2 amide bonds. The number of rotatable bonds is 4. The number of amides is 2. The molecule has 1 aromatic carbocycles. The average Bonchev–Trinajstić information content (AvgIpc) is 2.51. The highest BCUT2D eigenvalue weighted by molar-refractivity contribution is 6.31. The molecule has 0 bridgehead atoms. The molecule has 0 radical (unpaired) electrons. The lowest BCUT2D eigenvalue weighted by Crippen LogP contribution is -2.31. The number of ether oxygens (including phenoxy) is 1. The van der Waals surface area contributed by atoms with Gasteiger partial charge in [-0.05, 0) is 24.3 Å². The monoisotopic (exact) mass is 323 g/mol. The van der Waals surface area contributed by atoms with Gasteiger partial charge in [0.25, 0.3) is 0 Å². The van der Waals surface area contributed by atoms with Crippen molar-refractivity contribution >= 4 is 23.3 Å². The van der Waals surface area contributed by atoms with E-state index in [1.807, 2.05) is 0 Å². The Morgan fingerprint density at radius 2 is 2.18 bits per heavy atom. The minimum absolute atomic E-state index is 0.0416. The van der Waals surface area contributed by atoms with Gasteiger partial charge in [0.2, 0.25) is 5.88 Å². The molecule has 0 saturated carbocycles. The summed E-state index contributed by atoms with van der Waals surface area (Å²) in [4.78, 5) is 17.5. The number of aromatic nitrogens is 1. The summed E-state index contributed by atoms with van der Waals surface area (Å²) in [6.45, 7) is 0.0416. The standard InChI is InChI=1S/C15H15ClFN3O2/c1-20(9-10-11(16)5-3-6-12(10)17)15(21)19-13-7-4-8-18-14(13)22-2/h3-8H,9H2,1-2H3,(H,19,21). The van der Waals surface area contributed by atoms with Crippen LogP contribution < -0.4 is 10.1 Å². The molecule has 0 unspecified atom stereocenters. The quantitative estimate of drug-likeness (QED) is 0.936. The first kappa shape index (κ1) is 16.0. The molecule has 0 aliphatic rings. The van der Waals surface area contributed by atoms with E-state index in [4.69, 9.17) is 16.3 Å². The summed E-state index contributed by atoms with van der Waals surface area (Å²) in [6.07, 6.45) is 1.55. The molecule has 0 atom stereocenters. The van der Waals surface area contributed by atoms with Gasteiger partial charge in [-0.2, -0.15) is 0 Å². The topological polar surface area (TPSA) is 54.5 Å². The fourth-order valence-electron chi connectivity index (χ4n) is 1.85. The van der Waals surface area contributed by atoms with Gasteiger partial charge in [-0.25, -0.2) is 14.2 Å². The fraction of sp³-hybridized carbons (Fsp3) is 0.200. The minimum atomic E-state index is -0.453. The largest absolute Gasteiger partial charge is 0.480 e. The first-order valence-electron chi connectivity index (χ1n) is 6.47. The van der Waals surface area contributed by atoms with Crippen LogP contribution in [0.5, 0.6) is 5.88 Å². The molecule has 5 nitrogen and oxygen atoms in total. The van der Waals surface area contributed by atoms with E-state index in [0.29, 0.717) is 11.6 Å². The van der Waals surface area contributed by atoms with Gasteiger partial charge >= 0.3 is 6.03 Å². The minimum Gasteiger partial charge on any atom is -0.480 e. The zero-order valence-corrected chi connectivity index (χ0v) is 12.9. The van der Waals surface area contributed by atoms with Gasteiger partial charge < -0.3 is 15.0 Å². The molecule has 116 valence electrons. The summed E-state index contributed by atoms with van der Waals surface area (Å²) in [5, 5.41) is 2.93. The van der Waals surface area contributed by atoms with Crippen molar-refractivity contribution in [2.45, 2.75) is 6.54 Å². The number of hydrogen-bond acceptors (Lipinski definition) is 3. The second kappa shape index (κ2) is 7.09. The van der Waals surface area contributed by atoms with Crippen molar-refractivity contribution in [3.05, 3.63) is 52.9 Å². The number of carbonyl (C=O) groups is 1. The number of benzene rings is 1. The lowest BCUT2D eigenvalue weighted by atomic mass is 10.2. The normalized spacial score (nSPS) is 10.2. The number of anilines is 1. The van der Waals surface area contributed by atoms with Crippen molar-refractivity contribution in [1.29, 1.82) is 0 Å². The van der Waals surface area contributed by atoms with E-state index in [0.717, 1.165) is 0 Å². The zero-order valence-electron chi connectivity index (χ0n) is 12.1. The van der Waals surface area contributed by atoms with Crippen LogP contribution in [0, 0.1) is 5.82 Å². The molecule has 1 N–H and O–H groups in total. The van der Waals surface area contributed by atoms with E-state index >= 15 is 0 Å². The van der Waals surface area contributed by atoms with Crippen molar-refractivity contribution in [2.24, 2.45) is 0 Å². The molecular weight excluding hydrogens is 309 g/mol. The Morgan fingerprint density at radius 3 is 2.86 bits per heavy atom. The van der Waals surface area contributed by atoms with Crippen LogP contribution in [0.15, 0.2) is 36.5 Å². The SMILES string of the molecule is COc1ncccc1NC(=O)N(C)Cc1c(F)cccc1Cl. The molecule has 0 spiro atoms. The number of nitrogens with zero attached hydrogens (tertiary/aromatic N) is 2. The Morgan fingerprint density at radius 1 is 1.41 bits per heavy atom. The number of carbonyl (C=O) groups excluding carboxylic acids is 1. The highest BCUT2D eigenvalue weighted by atomic mass is 35.5. The van der Waals surface area contributed by atoms with Crippen LogP contribution in [0.4, 0.5) is 14.9 Å². The van der Waals surface area contributed by atoms with Crippen LogP contribution in [-0.2, 0) is 6.54 Å². The summed E-state index contributed by atoms with van der Waals surface area (Å²) in [6, 6.07) is 7.31. The third-order valence-corrected chi connectivity index (χ3v) is 3.36. The van der Waals surface area contributed by atoms with Gasteiger partial charge in [0.15, 0.2) is 0 Å².